The number of carbonyl (C=O) groups excluding carboxylic acids is 1. The zero-order chi connectivity index (χ0) is 22.5. The fourth-order valence-electron chi connectivity index (χ4n) is 4.05. The molecule has 2 aromatic heterocycles. The van der Waals surface area contributed by atoms with Crippen LogP contribution < -0.4 is 15.0 Å². The Kier molecular flexibility index (Phi) is 4.41. The molecule has 5 aromatic rings. The van der Waals surface area contributed by atoms with Crippen molar-refractivity contribution in [2.24, 2.45) is 0 Å². The molecule has 6 nitrogen and oxygen atoms in total. The molecule has 160 valence electrons. The van der Waals surface area contributed by atoms with E-state index in [0.717, 1.165) is 16.9 Å². The molecule has 1 amide bonds. The number of hydrogen-bond donors (Lipinski definition) is 0. The standard InChI is InChI=1S/C25H15FN4O2S/c26-18-12-6-4-10-16(18)14-29-19-13-7-5-11-17(19)20(23(29)31)21-24(32)30-25(33-21)27-22(28-30)15-8-2-1-3-9-15/h1-13H,14H2. The van der Waals surface area contributed by atoms with Gasteiger partial charge in [0.05, 0.1) is 17.8 Å². The van der Waals surface area contributed by atoms with Gasteiger partial charge < -0.3 is 4.90 Å². The fourth-order valence-corrected chi connectivity index (χ4v) is 5.05. The summed E-state index contributed by atoms with van der Waals surface area (Å²) in [6, 6.07) is 23.0. The number of benzene rings is 3. The number of rotatable bonds is 3. The number of thiazole rings is 1. The Labute approximate surface area is 190 Å². The second-order valence-electron chi connectivity index (χ2n) is 7.61. The first-order valence-corrected chi connectivity index (χ1v) is 11.1. The molecule has 3 heterocycles. The Morgan fingerprint density at radius 2 is 1.61 bits per heavy atom. The maximum absolute atomic E-state index is 14.3. The van der Waals surface area contributed by atoms with Crippen molar-refractivity contribution in [3.05, 3.63) is 111 Å². The van der Waals surface area contributed by atoms with E-state index in [1.807, 2.05) is 42.5 Å². The second kappa shape index (κ2) is 7.46. The van der Waals surface area contributed by atoms with E-state index >= 15 is 0 Å². The van der Waals surface area contributed by atoms with Crippen molar-refractivity contribution in [1.29, 1.82) is 0 Å². The minimum absolute atomic E-state index is 0.0686. The van der Waals surface area contributed by atoms with Crippen LogP contribution in [0.5, 0.6) is 0 Å². The third-order valence-corrected chi connectivity index (χ3v) is 6.66. The van der Waals surface area contributed by atoms with E-state index in [4.69, 9.17) is 0 Å². The molecule has 33 heavy (non-hydrogen) atoms. The third kappa shape index (κ3) is 3.07. The van der Waals surface area contributed by atoms with Crippen LogP contribution in [-0.2, 0) is 11.3 Å². The maximum Gasteiger partial charge on any atom is 0.291 e. The molecule has 0 unspecified atom stereocenters. The summed E-state index contributed by atoms with van der Waals surface area (Å²) in [5.74, 6) is -0.271. The molecule has 3 aromatic carbocycles. The van der Waals surface area contributed by atoms with E-state index in [2.05, 4.69) is 10.1 Å². The lowest BCUT2D eigenvalue weighted by molar-refractivity contribution is -0.113. The molecule has 0 spiro atoms. The van der Waals surface area contributed by atoms with Gasteiger partial charge in [-0.25, -0.2) is 4.39 Å². The Morgan fingerprint density at radius 1 is 0.879 bits per heavy atom. The zero-order valence-corrected chi connectivity index (χ0v) is 17.9. The van der Waals surface area contributed by atoms with Crippen LogP contribution in [0.4, 0.5) is 10.1 Å². The molecular weight excluding hydrogens is 439 g/mol. The van der Waals surface area contributed by atoms with Crippen molar-refractivity contribution in [3.8, 4) is 11.4 Å². The first-order chi connectivity index (χ1) is 16.1. The van der Waals surface area contributed by atoms with Crippen LogP contribution in [0.15, 0.2) is 83.7 Å². The van der Waals surface area contributed by atoms with Crippen LogP contribution in [0.2, 0.25) is 0 Å². The van der Waals surface area contributed by atoms with Gasteiger partial charge in [-0.3, -0.25) is 9.59 Å². The van der Waals surface area contributed by atoms with Crippen molar-refractivity contribution in [2.75, 3.05) is 4.90 Å². The molecule has 0 bridgehead atoms. The van der Waals surface area contributed by atoms with Gasteiger partial charge in [0.25, 0.3) is 11.5 Å². The van der Waals surface area contributed by atoms with E-state index in [1.165, 1.54) is 15.5 Å². The predicted octanol–water partition coefficient (Wildman–Crippen LogP) is 3.42. The predicted molar refractivity (Wildman–Crippen MR) is 124 cm³/mol. The van der Waals surface area contributed by atoms with Crippen LogP contribution in [-0.4, -0.2) is 20.5 Å². The highest BCUT2D eigenvalue weighted by atomic mass is 32.1. The number of aromatic nitrogens is 3. The van der Waals surface area contributed by atoms with Gasteiger partial charge in [0.15, 0.2) is 5.82 Å². The Bertz CT molecular complexity index is 1660. The van der Waals surface area contributed by atoms with Crippen molar-refractivity contribution in [1.82, 2.24) is 14.6 Å². The minimum Gasteiger partial charge on any atom is -0.303 e. The quantitative estimate of drug-likeness (QED) is 0.419. The molecule has 0 saturated heterocycles. The fraction of sp³-hybridized carbons (Fsp3) is 0.0400. The van der Waals surface area contributed by atoms with Crippen molar-refractivity contribution >= 4 is 33.5 Å². The largest absolute Gasteiger partial charge is 0.303 e. The Hall–Kier alpha value is -4.17. The van der Waals surface area contributed by atoms with E-state index in [1.54, 1.807) is 30.3 Å². The first-order valence-electron chi connectivity index (χ1n) is 10.3. The molecule has 0 radical (unpaired) electrons. The lowest BCUT2D eigenvalue weighted by Crippen LogP contribution is -2.32. The van der Waals surface area contributed by atoms with Crippen molar-refractivity contribution in [3.63, 3.8) is 0 Å². The number of hydrogen-bond acceptors (Lipinski definition) is 5. The summed E-state index contributed by atoms with van der Waals surface area (Å²) in [7, 11) is 0. The van der Waals surface area contributed by atoms with Gasteiger partial charge in [-0.2, -0.15) is 9.50 Å². The summed E-state index contributed by atoms with van der Waals surface area (Å²) in [4.78, 5) is 33.2. The summed E-state index contributed by atoms with van der Waals surface area (Å²) in [5.41, 5.74) is 2.40. The van der Waals surface area contributed by atoms with Gasteiger partial charge in [0, 0.05) is 16.7 Å². The van der Waals surface area contributed by atoms with Gasteiger partial charge in [-0.05, 0) is 12.1 Å². The average molecular weight is 454 g/mol. The van der Waals surface area contributed by atoms with Crippen LogP contribution in [0.3, 0.4) is 0 Å². The highest BCUT2D eigenvalue weighted by Crippen LogP contribution is 2.36. The smallest absolute Gasteiger partial charge is 0.291 e. The molecule has 1 aliphatic heterocycles. The van der Waals surface area contributed by atoms with Gasteiger partial charge in [0.2, 0.25) is 4.96 Å². The number of anilines is 1. The second-order valence-corrected chi connectivity index (χ2v) is 8.58. The first kappa shape index (κ1) is 19.5. The lowest BCUT2D eigenvalue weighted by atomic mass is 10.1. The highest BCUT2D eigenvalue weighted by molar-refractivity contribution is 7.15. The summed E-state index contributed by atoms with van der Waals surface area (Å²) < 4.78 is 15.8. The third-order valence-electron chi connectivity index (χ3n) is 5.63. The summed E-state index contributed by atoms with van der Waals surface area (Å²) >= 11 is 1.13. The Balaban J connectivity index is 1.51. The monoisotopic (exact) mass is 454 g/mol. The van der Waals surface area contributed by atoms with Crippen LogP contribution in [0.1, 0.15) is 11.1 Å². The molecule has 1 aliphatic rings. The number of nitrogens with zero attached hydrogens (tertiary/aromatic N) is 4. The molecule has 0 N–H and O–H groups in total. The van der Waals surface area contributed by atoms with Crippen LogP contribution in [0.25, 0.3) is 21.9 Å². The average Bonchev–Trinajstić information content (AvgIpc) is 3.47. The van der Waals surface area contributed by atoms with Gasteiger partial charge in [-0.1, -0.05) is 78.1 Å². The molecule has 0 fully saturated rings. The van der Waals surface area contributed by atoms with Crippen molar-refractivity contribution < 1.29 is 9.18 Å². The summed E-state index contributed by atoms with van der Waals surface area (Å²) in [6.07, 6.45) is 0. The number of halogens is 1. The lowest BCUT2D eigenvalue weighted by Gasteiger charge is -2.17. The Morgan fingerprint density at radius 3 is 2.39 bits per heavy atom. The number of amides is 1. The number of carbonyl (C=O) groups is 1. The van der Waals surface area contributed by atoms with Gasteiger partial charge >= 0.3 is 0 Å². The molecule has 0 aliphatic carbocycles. The topological polar surface area (TPSA) is 67.6 Å². The maximum atomic E-state index is 14.3. The van der Waals surface area contributed by atoms with Crippen LogP contribution in [0, 0.1) is 5.82 Å². The SMILES string of the molecule is O=C1C(=c2sc3nc(-c4ccccc4)nn3c2=O)c2ccccc2N1Cc1ccccc1F. The van der Waals surface area contributed by atoms with E-state index in [9.17, 15) is 14.0 Å². The number of fused-ring (bicyclic) bond motifs is 2. The zero-order valence-electron chi connectivity index (χ0n) is 17.1. The van der Waals surface area contributed by atoms with E-state index < -0.39 is 5.56 Å². The minimum atomic E-state index is -0.393. The number of para-hydroxylation sites is 1. The molecule has 8 heteroatoms. The summed E-state index contributed by atoms with van der Waals surface area (Å²) in [6.45, 7) is 0.0686. The van der Waals surface area contributed by atoms with Gasteiger partial charge in [0.1, 0.15) is 10.3 Å². The van der Waals surface area contributed by atoms with Gasteiger partial charge in [-0.15, -0.1) is 5.10 Å². The van der Waals surface area contributed by atoms with Crippen LogP contribution >= 0.6 is 11.3 Å². The van der Waals surface area contributed by atoms with E-state index in [0.29, 0.717) is 33.2 Å². The highest BCUT2D eigenvalue weighted by Gasteiger charge is 2.34. The normalized spacial score (nSPS) is 14.8. The van der Waals surface area contributed by atoms with E-state index in [-0.39, 0.29) is 22.8 Å². The molecule has 0 saturated carbocycles. The van der Waals surface area contributed by atoms with Crippen molar-refractivity contribution in [2.45, 2.75) is 6.54 Å². The molecule has 0 atom stereocenters. The summed E-state index contributed by atoms with van der Waals surface area (Å²) in [5, 5.41) is 4.37. The molecule has 6 rings (SSSR count). The molecular formula is C25H15FN4O2S.